The summed E-state index contributed by atoms with van der Waals surface area (Å²) in [4.78, 5) is 11.8. The summed E-state index contributed by atoms with van der Waals surface area (Å²) in [6.45, 7) is 2.22. The minimum Gasteiger partial charge on any atom is -0.350 e. The molecule has 1 aliphatic rings. The van der Waals surface area contributed by atoms with E-state index in [0.29, 0.717) is 22.0 Å². The predicted octanol–water partition coefficient (Wildman–Crippen LogP) is 4.31. The van der Waals surface area contributed by atoms with Crippen LogP contribution in [0.3, 0.4) is 0 Å². The van der Waals surface area contributed by atoms with Gasteiger partial charge in [0, 0.05) is 22.2 Å². The van der Waals surface area contributed by atoms with Crippen molar-refractivity contribution in [1.29, 1.82) is 0 Å². The first-order chi connectivity index (χ1) is 9.02. The second-order valence-corrected chi connectivity index (χ2v) is 6.03. The maximum Gasteiger partial charge on any atom is 0.244 e. The third kappa shape index (κ3) is 4.55. The molecule has 4 heteroatoms. The first kappa shape index (κ1) is 14.4. The van der Waals surface area contributed by atoms with Crippen LogP contribution in [0.4, 0.5) is 0 Å². The highest BCUT2D eigenvalue weighted by Crippen LogP contribution is 2.24. The van der Waals surface area contributed by atoms with Crippen LogP contribution in [-0.2, 0) is 4.79 Å². The van der Waals surface area contributed by atoms with E-state index in [-0.39, 0.29) is 5.91 Å². The van der Waals surface area contributed by atoms with Crippen LogP contribution in [0.25, 0.3) is 6.08 Å². The van der Waals surface area contributed by atoms with Gasteiger partial charge in [0.05, 0.1) is 0 Å². The number of carbonyl (C=O) groups is 1. The average molecular weight is 298 g/mol. The summed E-state index contributed by atoms with van der Waals surface area (Å²) < 4.78 is 0. The molecule has 0 spiro atoms. The van der Waals surface area contributed by atoms with Gasteiger partial charge in [0.1, 0.15) is 0 Å². The molecule has 1 aromatic rings. The predicted molar refractivity (Wildman–Crippen MR) is 80.4 cm³/mol. The lowest BCUT2D eigenvalue weighted by atomic mass is 10.1. The standard InChI is InChI=1S/C15H17Cl2NO/c1-10-2-4-14(6-10)18-15(19)5-3-11-7-12(16)9-13(17)8-11/h3,5,7-10,14H,2,4,6H2,1H3,(H,18,19)/b5-3+. The lowest BCUT2D eigenvalue weighted by Gasteiger charge is -2.10. The fourth-order valence-corrected chi connectivity index (χ4v) is 2.97. The molecular weight excluding hydrogens is 281 g/mol. The second-order valence-electron chi connectivity index (χ2n) is 5.16. The Hall–Kier alpha value is -0.990. The average Bonchev–Trinajstić information content (AvgIpc) is 2.71. The smallest absolute Gasteiger partial charge is 0.244 e. The van der Waals surface area contributed by atoms with Gasteiger partial charge < -0.3 is 5.32 Å². The highest BCUT2D eigenvalue weighted by atomic mass is 35.5. The molecule has 0 bridgehead atoms. The van der Waals surface area contributed by atoms with Crippen molar-refractivity contribution in [2.75, 3.05) is 0 Å². The Morgan fingerprint density at radius 2 is 1.95 bits per heavy atom. The van der Waals surface area contributed by atoms with Gasteiger partial charge in [0.15, 0.2) is 0 Å². The molecule has 2 nitrogen and oxygen atoms in total. The Morgan fingerprint density at radius 1 is 1.26 bits per heavy atom. The Bertz CT molecular complexity index is 479. The molecule has 102 valence electrons. The van der Waals surface area contributed by atoms with E-state index in [1.807, 2.05) is 0 Å². The van der Waals surface area contributed by atoms with Crippen molar-refractivity contribution in [3.05, 3.63) is 39.9 Å². The summed E-state index contributed by atoms with van der Waals surface area (Å²) in [5, 5.41) is 4.15. The zero-order valence-electron chi connectivity index (χ0n) is 10.8. The van der Waals surface area contributed by atoms with Crippen LogP contribution >= 0.6 is 23.2 Å². The van der Waals surface area contributed by atoms with Gasteiger partial charge in [-0.15, -0.1) is 0 Å². The van der Waals surface area contributed by atoms with Gasteiger partial charge in [-0.2, -0.15) is 0 Å². The first-order valence-electron chi connectivity index (χ1n) is 6.47. The highest BCUT2D eigenvalue weighted by Gasteiger charge is 2.21. The van der Waals surface area contributed by atoms with Crippen LogP contribution in [-0.4, -0.2) is 11.9 Å². The molecule has 1 saturated carbocycles. The highest BCUT2D eigenvalue weighted by molar-refractivity contribution is 6.34. The molecule has 0 heterocycles. The first-order valence-corrected chi connectivity index (χ1v) is 7.23. The van der Waals surface area contributed by atoms with Crippen molar-refractivity contribution in [2.24, 2.45) is 5.92 Å². The number of hydrogen-bond donors (Lipinski definition) is 1. The summed E-state index contributed by atoms with van der Waals surface area (Å²) in [6.07, 6.45) is 6.60. The molecule has 1 N–H and O–H groups in total. The minimum atomic E-state index is -0.0600. The van der Waals surface area contributed by atoms with Crippen LogP contribution in [0.5, 0.6) is 0 Å². The number of halogens is 2. The summed E-state index contributed by atoms with van der Waals surface area (Å²) >= 11 is 11.8. The Balaban J connectivity index is 1.92. The molecule has 0 aromatic heterocycles. The van der Waals surface area contributed by atoms with Gasteiger partial charge in [-0.05, 0) is 55.0 Å². The topological polar surface area (TPSA) is 29.1 Å². The van der Waals surface area contributed by atoms with E-state index in [1.165, 1.54) is 12.5 Å². The minimum absolute atomic E-state index is 0.0600. The van der Waals surface area contributed by atoms with Crippen molar-refractivity contribution < 1.29 is 4.79 Å². The fraction of sp³-hybridized carbons (Fsp3) is 0.400. The normalized spacial score (nSPS) is 22.9. The summed E-state index contributed by atoms with van der Waals surface area (Å²) in [5.41, 5.74) is 0.826. The fourth-order valence-electron chi connectivity index (χ4n) is 2.43. The third-order valence-corrected chi connectivity index (χ3v) is 3.79. The molecule has 2 rings (SSSR count). The molecule has 0 radical (unpaired) electrons. The number of nitrogens with one attached hydrogen (secondary N) is 1. The van der Waals surface area contributed by atoms with Crippen molar-refractivity contribution in [1.82, 2.24) is 5.32 Å². The van der Waals surface area contributed by atoms with Crippen LogP contribution in [0.15, 0.2) is 24.3 Å². The Labute approximate surface area is 123 Å². The molecule has 2 atom stereocenters. The molecule has 0 aliphatic heterocycles. The van der Waals surface area contributed by atoms with Gasteiger partial charge in [0.2, 0.25) is 5.91 Å². The molecule has 1 aliphatic carbocycles. The van der Waals surface area contributed by atoms with Gasteiger partial charge in [-0.3, -0.25) is 4.79 Å². The van der Waals surface area contributed by atoms with E-state index in [4.69, 9.17) is 23.2 Å². The monoisotopic (exact) mass is 297 g/mol. The lowest BCUT2D eigenvalue weighted by Crippen LogP contribution is -2.31. The maximum absolute atomic E-state index is 11.8. The van der Waals surface area contributed by atoms with E-state index >= 15 is 0 Å². The second kappa shape index (κ2) is 6.44. The molecule has 19 heavy (non-hydrogen) atoms. The van der Waals surface area contributed by atoms with Crippen molar-refractivity contribution in [3.63, 3.8) is 0 Å². The largest absolute Gasteiger partial charge is 0.350 e. The van der Waals surface area contributed by atoms with Crippen molar-refractivity contribution in [2.45, 2.75) is 32.2 Å². The maximum atomic E-state index is 11.8. The van der Waals surface area contributed by atoms with Gasteiger partial charge in [0.25, 0.3) is 0 Å². The molecule has 1 aromatic carbocycles. The van der Waals surface area contributed by atoms with Crippen LogP contribution in [0.1, 0.15) is 31.7 Å². The van der Waals surface area contributed by atoms with Gasteiger partial charge >= 0.3 is 0 Å². The van der Waals surface area contributed by atoms with Gasteiger partial charge in [-0.1, -0.05) is 30.1 Å². The summed E-state index contributed by atoms with van der Waals surface area (Å²) in [7, 11) is 0. The van der Waals surface area contributed by atoms with Crippen LogP contribution in [0.2, 0.25) is 10.0 Å². The number of benzene rings is 1. The molecule has 1 fully saturated rings. The van der Waals surface area contributed by atoms with E-state index in [2.05, 4.69) is 12.2 Å². The lowest BCUT2D eigenvalue weighted by molar-refractivity contribution is -0.117. The molecular formula is C15H17Cl2NO. The molecule has 2 unspecified atom stereocenters. The Kier molecular flexibility index (Phi) is 4.89. The van der Waals surface area contributed by atoms with E-state index in [9.17, 15) is 4.79 Å². The van der Waals surface area contributed by atoms with Crippen LogP contribution < -0.4 is 5.32 Å². The number of carbonyl (C=O) groups excluding carboxylic acids is 1. The zero-order valence-corrected chi connectivity index (χ0v) is 12.3. The number of hydrogen-bond acceptors (Lipinski definition) is 1. The number of amides is 1. The number of rotatable bonds is 3. The van der Waals surface area contributed by atoms with E-state index in [1.54, 1.807) is 24.3 Å². The quantitative estimate of drug-likeness (QED) is 0.828. The Morgan fingerprint density at radius 3 is 2.53 bits per heavy atom. The molecule has 1 amide bonds. The van der Waals surface area contributed by atoms with E-state index < -0.39 is 0 Å². The van der Waals surface area contributed by atoms with Crippen LogP contribution in [0, 0.1) is 5.92 Å². The van der Waals surface area contributed by atoms with E-state index in [0.717, 1.165) is 18.4 Å². The van der Waals surface area contributed by atoms with Gasteiger partial charge in [-0.25, -0.2) is 0 Å². The zero-order chi connectivity index (χ0) is 13.8. The third-order valence-electron chi connectivity index (χ3n) is 3.35. The SMILES string of the molecule is CC1CCC(NC(=O)/C=C/c2cc(Cl)cc(Cl)c2)C1. The van der Waals surface area contributed by atoms with Crippen molar-refractivity contribution in [3.8, 4) is 0 Å². The molecule has 0 saturated heterocycles. The summed E-state index contributed by atoms with van der Waals surface area (Å²) in [5.74, 6) is 0.649. The summed E-state index contributed by atoms with van der Waals surface area (Å²) in [6, 6.07) is 5.53. The van der Waals surface area contributed by atoms with Crippen molar-refractivity contribution >= 4 is 35.2 Å².